The Labute approximate surface area is 255 Å². The molecule has 0 heterocycles. The Morgan fingerprint density at radius 1 is 0.721 bits per heavy atom. The van der Waals surface area contributed by atoms with Crippen LogP contribution in [0.2, 0.25) is 0 Å². The number of carbonyl (C=O) groups is 4. The van der Waals surface area contributed by atoms with Crippen LogP contribution in [0.3, 0.4) is 0 Å². The Morgan fingerprint density at radius 3 is 1.81 bits per heavy atom. The number of ether oxygens (including phenoxy) is 1. The SMILES string of the molecule is CCCCCC[C@@H](O)C/C=C\CCCCCCCC(=O)OC(=O)C(O)CO.O=C(C(=O)c1ccccc1)c1ccccc1. The number of aliphatic hydroxyl groups is 3. The molecule has 236 valence electrons. The molecule has 0 bridgehead atoms. The number of hydrogen-bond acceptors (Lipinski definition) is 8. The highest BCUT2D eigenvalue weighted by Gasteiger charge is 2.19. The van der Waals surface area contributed by atoms with Crippen molar-refractivity contribution in [3.05, 3.63) is 83.9 Å². The van der Waals surface area contributed by atoms with Gasteiger partial charge in [0, 0.05) is 17.5 Å². The summed E-state index contributed by atoms with van der Waals surface area (Å²) in [6.07, 6.45) is 14.5. The summed E-state index contributed by atoms with van der Waals surface area (Å²) in [5.74, 6) is -2.69. The molecule has 0 saturated heterocycles. The van der Waals surface area contributed by atoms with Crippen molar-refractivity contribution in [2.24, 2.45) is 0 Å². The van der Waals surface area contributed by atoms with Crippen molar-refractivity contribution < 1.29 is 39.2 Å². The Balaban J connectivity index is 0.000000485. The molecule has 2 aromatic rings. The molecule has 3 N–H and O–H groups in total. The van der Waals surface area contributed by atoms with Gasteiger partial charge in [-0.25, -0.2) is 4.79 Å². The third-order valence-corrected chi connectivity index (χ3v) is 6.66. The van der Waals surface area contributed by atoms with E-state index in [-0.39, 0.29) is 12.5 Å². The first-order chi connectivity index (χ1) is 20.8. The maximum Gasteiger partial charge on any atom is 0.345 e. The second kappa shape index (κ2) is 24.0. The molecule has 0 fully saturated rings. The Bertz CT molecular complexity index is 1030. The quantitative estimate of drug-likeness (QED) is 0.0412. The van der Waals surface area contributed by atoms with E-state index in [1.807, 2.05) is 12.1 Å². The summed E-state index contributed by atoms with van der Waals surface area (Å²) in [5.41, 5.74) is 0.854. The van der Waals surface area contributed by atoms with Crippen molar-refractivity contribution in [2.45, 2.75) is 103 Å². The molecular weight excluding hydrogens is 548 g/mol. The normalized spacial score (nSPS) is 12.2. The summed E-state index contributed by atoms with van der Waals surface area (Å²) in [5, 5.41) is 27.4. The van der Waals surface area contributed by atoms with E-state index >= 15 is 0 Å². The topological polar surface area (TPSA) is 138 Å². The predicted octanol–water partition coefficient (Wildman–Crippen LogP) is 6.17. The van der Waals surface area contributed by atoms with Gasteiger partial charge in [0.15, 0.2) is 6.10 Å². The van der Waals surface area contributed by atoms with Gasteiger partial charge in [0.2, 0.25) is 11.6 Å². The number of Topliss-reactive ketones (excluding diaryl/α,β-unsaturated/α-hetero) is 2. The fourth-order valence-corrected chi connectivity index (χ4v) is 4.10. The standard InChI is InChI=1S/C21H38O6.C14H10O2/c1-2-3-4-11-14-18(23)15-12-9-7-5-6-8-10-13-16-20(25)27-21(26)19(24)17-22;15-13(11-7-3-1-4-8-11)14(16)12-9-5-2-6-10-12/h9,12,18-19,22-24H,2-8,10-11,13-17H2,1H3;1-10H/b12-9-;/t18-,19?;/m1./s1. The van der Waals surface area contributed by atoms with Crippen LogP contribution in [0.4, 0.5) is 0 Å². The van der Waals surface area contributed by atoms with E-state index in [0.717, 1.165) is 51.4 Å². The monoisotopic (exact) mass is 596 g/mol. The zero-order valence-corrected chi connectivity index (χ0v) is 25.4. The summed E-state index contributed by atoms with van der Waals surface area (Å²) in [6.45, 7) is 1.43. The molecule has 0 saturated carbocycles. The van der Waals surface area contributed by atoms with Gasteiger partial charge in [0.05, 0.1) is 12.7 Å². The van der Waals surface area contributed by atoms with E-state index < -0.39 is 36.2 Å². The van der Waals surface area contributed by atoms with Gasteiger partial charge in [-0.15, -0.1) is 0 Å². The maximum atomic E-state index is 11.8. The van der Waals surface area contributed by atoms with E-state index in [1.165, 1.54) is 19.3 Å². The number of benzene rings is 2. The molecule has 2 atom stereocenters. The zero-order valence-electron chi connectivity index (χ0n) is 25.4. The summed E-state index contributed by atoms with van der Waals surface area (Å²) in [7, 11) is 0. The molecular formula is C35H48O8. The summed E-state index contributed by atoms with van der Waals surface area (Å²) >= 11 is 0. The second-order valence-corrected chi connectivity index (χ2v) is 10.4. The second-order valence-electron chi connectivity index (χ2n) is 10.4. The van der Waals surface area contributed by atoms with Crippen molar-refractivity contribution >= 4 is 23.5 Å². The smallest absolute Gasteiger partial charge is 0.345 e. The van der Waals surface area contributed by atoms with Crippen LogP contribution in [-0.4, -0.2) is 57.6 Å². The number of hydrogen-bond donors (Lipinski definition) is 3. The van der Waals surface area contributed by atoms with Crippen molar-refractivity contribution in [2.75, 3.05) is 6.61 Å². The molecule has 0 aromatic heterocycles. The molecule has 8 nitrogen and oxygen atoms in total. The van der Waals surface area contributed by atoms with Crippen LogP contribution < -0.4 is 0 Å². The number of ketones is 2. The lowest BCUT2D eigenvalue weighted by atomic mass is 10.0. The van der Waals surface area contributed by atoms with Gasteiger partial charge in [-0.05, 0) is 32.1 Å². The number of allylic oxidation sites excluding steroid dienone is 1. The van der Waals surface area contributed by atoms with Crippen molar-refractivity contribution in [3.8, 4) is 0 Å². The van der Waals surface area contributed by atoms with E-state index in [2.05, 4.69) is 23.8 Å². The summed E-state index contributed by atoms with van der Waals surface area (Å²) in [6, 6.07) is 17.2. The molecule has 2 aromatic carbocycles. The molecule has 43 heavy (non-hydrogen) atoms. The van der Waals surface area contributed by atoms with Crippen LogP contribution in [0.25, 0.3) is 0 Å². The molecule has 0 aliphatic rings. The van der Waals surface area contributed by atoms with Crippen LogP contribution in [0, 0.1) is 0 Å². The van der Waals surface area contributed by atoms with Crippen LogP contribution in [-0.2, 0) is 14.3 Å². The first kappa shape index (κ1) is 37.6. The van der Waals surface area contributed by atoms with Crippen LogP contribution in [0.1, 0.15) is 111 Å². The highest BCUT2D eigenvalue weighted by Crippen LogP contribution is 2.11. The first-order valence-corrected chi connectivity index (χ1v) is 15.4. The number of unbranched alkanes of at least 4 members (excludes halogenated alkanes) is 8. The third-order valence-electron chi connectivity index (χ3n) is 6.66. The molecule has 0 aliphatic heterocycles. The molecule has 0 spiro atoms. The molecule has 1 unspecified atom stereocenters. The Kier molecular flexibility index (Phi) is 21.0. The molecule has 0 amide bonds. The minimum Gasteiger partial charge on any atom is -0.393 e. The number of aliphatic hydroxyl groups excluding tert-OH is 3. The molecule has 0 radical (unpaired) electrons. The number of esters is 2. The van der Waals surface area contributed by atoms with Crippen LogP contribution in [0.5, 0.6) is 0 Å². The average molecular weight is 597 g/mol. The lowest BCUT2D eigenvalue weighted by Gasteiger charge is -2.07. The number of rotatable bonds is 20. The lowest BCUT2D eigenvalue weighted by molar-refractivity contribution is -0.167. The predicted molar refractivity (Wildman–Crippen MR) is 167 cm³/mol. The van der Waals surface area contributed by atoms with Crippen LogP contribution in [0.15, 0.2) is 72.8 Å². The summed E-state index contributed by atoms with van der Waals surface area (Å²) < 4.78 is 4.41. The van der Waals surface area contributed by atoms with Gasteiger partial charge >= 0.3 is 11.9 Å². The van der Waals surface area contributed by atoms with Crippen molar-refractivity contribution in [3.63, 3.8) is 0 Å². The average Bonchev–Trinajstić information content (AvgIpc) is 3.03. The van der Waals surface area contributed by atoms with E-state index in [9.17, 15) is 24.3 Å². The molecule has 0 aliphatic carbocycles. The highest BCUT2D eigenvalue weighted by atomic mass is 16.6. The van der Waals surface area contributed by atoms with Gasteiger partial charge in [-0.2, -0.15) is 0 Å². The fraction of sp³-hybridized carbons (Fsp3) is 0.486. The van der Waals surface area contributed by atoms with Gasteiger partial charge in [0.1, 0.15) is 0 Å². The van der Waals surface area contributed by atoms with E-state index in [0.29, 0.717) is 17.5 Å². The largest absolute Gasteiger partial charge is 0.393 e. The van der Waals surface area contributed by atoms with Crippen molar-refractivity contribution in [1.82, 2.24) is 0 Å². The van der Waals surface area contributed by atoms with Gasteiger partial charge in [0.25, 0.3) is 0 Å². The third kappa shape index (κ3) is 18.0. The molecule has 2 rings (SSSR count). The summed E-state index contributed by atoms with van der Waals surface area (Å²) in [4.78, 5) is 46.1. The first-order valence-electron chi connectivity index (χ1n) is 15.4. The Morgan fingerprint density at radius 2 is 1.26 bits per heavy atom. The minimum absolute atomic E-state index is 0.139. The minimum atomic E-state index is -1.65. The Hall–Kier alpha value is -3.46. The number of carbonyl (C=O) groups excluding carboxylic acids is 4. The van der Waals surface area contributed by atoms with Gasteiger partial charge in [-0.1, -0.05) is 125 Å². The van der Waals surface area contributed by atoms with Gasteiger partial charge in [-0.3, -0.25) is 14.4 Å². The van der Waals surface area contributed by atoms with Crippen molar-refractivity contribution in [1.29, 1.82) is 0 Å². The van der Waals surface area contributed by atoms with Gasteiger partial charge < -0.3 is 20.1 Å². The maximum absolute atomic E-state index is 11.8. The van der Waals surface area contributed by atoms with Crippen LogP contribution >= 0.6 is 0 Å². The highest BCUT2D eigenvalue weighted by molar-refractivity contribution is 6.49. The van der Waals surface area contributed by atoms with E-state index in [4.69, 9.17) is 10.2 Å². The lowest BCUT2D eigenvalue weighted by Crippen LogP contribution is -2.28. The zero-order chi connectivity index (χ0) is 31.7. The van der Waals surface area contributed by atoms with E-state index in [1.54, 1.807) is 48.5 Å². The molecule has 8 heteroatoms. The fourth-order valence-electron chi connectivity index (χ4n) is 4.10.